The molecule has 1 aromatic rings. The Balaban J connectivity index is 3.07. The topological polar surface area (TPSA) is 82.4 Å². The van der Waals surface area contributed by atoms with Crippen LogP contribution >= 0.6 is 0 Å². The fourth-order valence-electron chi connectivity index (χ4n) is 1.52. The van der Waals surface area contributed by atoms with Crippen LogP contribution < -0.4 is 5.32 Å². The summed E-state index contributed by atoms with van der Waals surface area (Å²) in [6, 6.07) is 6.83. The molecule has 136 valence electrons. The molecule has 0 saturated carbocycles. The number of ether oxygens (including phenoxy) is 1. The van der Waals surface area contributed by atoms with Gasteiger partial charge in [-0.25, -0.2) is 0 Å². The second-order valence-corrected chi connectivity index (χ2v) is 4.69. The van der Waals surface area contributed by atoms with E-state index in [9.17, 15) is 36.2 Å². The summed E-state index contributed by atoms with van der Waals surface area (Å²) in [5.74, 6) is -3.53. The fourth-order valence-corrected chi connectivity index (χ4v) is 1.52. The van der Waals surface area contributed by atoms with Gasteiger partial charge in [0.1, 0.15) is 6.07 Å². The van der Waals surface area contributed by atoms with Crippen LogP contribution in [0.2, 0.25) is 0 Å². The van der Waals surface area contributed by atoms with Gasteiger partial charge in [0.2, 0.25) is 0 Å². The maximum atomic E-state index is 12.4. The molecule has 5 nitrogen and oxygen atoms in total. The molecule has 0 aromatic heterocycles. The van der Waals surface area contributed by atoms with E-state index in [4.69, 9.17) is 5.26 Å². The Bertz CT molecular complexity index is 687. The highest BCUT2D eigenvalue weighted by atomic mass is 19.4. The van der Waals surface area contributed by atoms with Crippen LogP contribution in [0.25, 0.3) is 0 Å². The SMILES string of the molecule is Cc1ccc(NC(=O)C(C#N)=C(O)OC(C(F)(F)F)C(F)(F)F)cc1. The van der Waals surface area contributed by atoms with Gasteiger partial charge in [-0.05, 0) is 19.1 Å². The smallest absolute Gasteiger partial charge is 0.434 e. The number of halogens is 6. The number of hydrogen-bond donors (Lipinski definition) is 2. The highest BCUT2D eigenvalue weighted by Crippen LogP contribution is 2.36. The molecule has 0 bridgehead atoms. The lowest BCUT2D eigenvalue weighted by atomic mass is 10.2. The number of rotatable bonds is 4. The summed E-state index contributed by atoms with van der Waals surface area (Å²) in [5.41, 5.74) is -0.545. The van der Waals surface area contributed by atoms with Crippen LogP contribution in [0.3, 0.4) is 0 Å². The third-order valence-electron chi connectivity index (χ3n) is 2.69. The Morgan fingerprint density at radius 1 is 1.16 bits per heavy atom. The van der Waals surface area contributed by atoms with Crippen molar-refractivity contribution in [2.75, 3.05) is 5.32 Å². The molecule has 1 rings (SSSR count). The lowest BCUT2D eigenvalue weighted by Gasteiger charge is -2.23. The van der Waals surface area contributed by atoms with E-state index in [1.54, 1.807) is 19.1 Å². The maximum absolute atomic E-state index is 12.4. The molecule has 0 heterocycles. The zero-order valence-electron chi connectivity index (χ0n) is 12.4. The zero-order chi connectivity index (χ0) is 19.4. The molecule has 2 N–H and O–H groups in total. The summed E-state index contributed by atoms with van der Waals surface area (Å²) in [6.07, 6.45) is -16.2. The van der Waals surface area contributed by atoms with Crippen LogP contribution in [0.15, 0.2) is 35.8 Å². The molecule has 0 aliphatic heterocycles. The van der Waals surface area contributed by atoms with E-state index in [0.717, 1.165) is 11.6 Å². The van der Waals surface area contributed by atoms with Gasteiger partial charge in [0.25, 0.3) is 12.0 Å². The molecular formula is C14H10F6N2O3. The molecule has 1 aromatic carbocycles. The quantitative estimate of drug-likeness (QED) is 0.367. The van der Waals surface area contributed by atoms with E-state index in [-0.39, 0.29) is 5.69 Å². The number of nitriles is 1. The predicted molar refractivity (Wildman–Crippen MR) is 72.1 cm³/mol. The van der Waals surface area contributed by atoms with Crippen LogP contribution in [0.5, 0.6) is 0 Å². The van der Waals surface area contributed by atoms with Gasteiger partial charge in [0.15, 0.2) is 5.57 Å². The molecule has 11 heteroatoms. The lowest BCUT2D eigenvalue weighted by Crippen LogP contribution is -2.44. The Morgan fingerprint density at radius 2 is 1.64 bits per heavy atom. The molecule has 0 radical (unpaired) electrons. The molecule has 0 unspecified atom stereocenters. The molecule has 0 aliphatic rings. The van der Waals surface area contributed by atoms with E-state index in [0.29, 0.717) is 0 Å². The minimum atomic E-state index is -5.92. The number of nitrogens with zero attached hydrogens (tertiary/aromatic N) is 1. The second kappa shape index (κ2) is 7.33. The van der Waals surface area contributed by atoms with E-state index in [2.05, 4.69) is 4.74 Å². The Morgan fingerprint density at radius 3 is 2.04 bits per heavy atom. The molecular weight excluding hydrogens is 358 g/mol. The standard InChI is InChI=1S/C14H10F6N2O3/c1-7-2-4-8(5-3-7)22-10(23)9(6-21)11(24)25-12(13(15,16)17)14(18,19)20/h2-5,12,24H,1H3,(H,22,23). The minimum Gasteiger partial charge on any atom is -0.480 e. The number of alkyl halides is 6. The largest absolute Gasteiger partial charge is 0.480 e. The van der Waals surface area contributed by atoms with Crippen LogP contribution in [-0.4, -0.2) is 29.5 Å². The van der Waals surface area contributed by atoms with Gasteiger partial charge in [0.05, 0.1) is 0 Å². The van der Waals surface area contributed by atoms with Crippen LogP contribution in [0.1, 0.15) is 5.56 Å². The summed E-state index contributed by atoms with van der Waals surface area (Å²) >= 11 is 0. The molecule has 0 aliphatic carbocycles. The summed E-state index contributed by atoms with van der Waals surface area (Å²) in [7, 11) is 0. The van der Waals surface area contributed by atoms with Crippen molar-refractivity contribution in [3.63, 3.8) is 0 Å². The van der Waals surface area contributed by atoms with Crippen molar-refractivity contribution in [3.05, 3.63) is 41.3 Å². The third kappa shape index (κ3) is 5.59. The van der Waals surface area contributed by atoms with Crippen molar-refractivity contribution in [2.45, 2.75) is 25.4 Å². The number of anilines is 1. The van der Waals surface area contributed by atoms with Crippen molar-refractivity contribution >= 4 is 11.6 Å². The van der Waals surface area contributed by atoms with Crippen molar-refractivity contribution < 1.29 is 41.0 Å². The van der Waals surface area contributed by atoms with Crippen molar-refractivity contribution in [1.82, 2.24) is 0 Å². The summed E-state index contributed by atoms with van der Waals surface area (Å²) in [6.45, 7) is 1.72. The first kappa shape index (κ1) is 20.1. The van der Waals surface area contributed by atoms with Gasteiger partial charge >= 0.3 is 18.3 Å². The normalized spacial score (nSPS) is 13.1. The van der Waals surface area contributed by atoms with Gasteiger partial charge in [0, 0.05) is 5.69 Å². The number of aliphatic hydroxyl groups excluding tert-OH is 1. The second-order valence-electron chi connectivity index (χ2n) is 4.69. The van der Waals surface area contributed by atoms with Crippen LogP contribution in [0.4, 0.5) is 32.0 Å². The molecule has 25 heavy (non-hydrogen) atoms. The number of carbonyl (C=O) groups excluding carboxylic acids is 1. The Hall–Kier alpha value is -2.90. The zero-order valence-corrected chi connectivity index (χ0v) is 12.4. The first-order valence-electron chi connectivity index (χ1n) is 6.37. The van der Waals surface area contributed by atoms with Crippen molar-refractivity contribution in [3.8, 4) is 6.07 Å². The van der Waals surface area contributed by atoms with E-state index < -0.39 is 35.9 Å². The lowest BCUT2D eigenvalue weighted by molar-refractivity contribution is -0.319. The van der Waals surface area contributed by atoms with Crippen molar-refractivity contribution in [2.24, 2.45) is 0 Å². The van der Waals surface area contributed by atoms with Gasteiger partial charge in [-0.2, -0.15) is 31.6 Å². The summed E-state index contributed by atoms with van der Waals surface area (Å²) < 4.78 is 77.6. The number of benzene rings is 1. The number of aryl methyl sites for hydroxylation is 1. The van der Waals surface area contributed by atoms with E-state index >= 15 is 0 Å². The molecule has 1 amide bonds. The van der Waals surface area contributed by atoms with Gasteiger partial charge in [-0.15, -0.1) is 0 Å². The number of nitrogens with one attached hydrogen (secondary N) is 1. The highest BCUT2D eigenvalue weighted by Gasteiger charge is 2.59. The maximum Gasteiger partial charge on any atom is 0.434 e. The molecule has 0 fully saturated rings. The first-order valence-corrected chi connectivity index (χ1v) is 6.37. The molecule has 0 saturated heterocycles. The predicted octanol–water partition coefficient (Wildman–Crippen LogP) is 3.74. The minimum absolute atomic E-state index is 0.0966. The molecule has 0 spiro atoms. The first-order chi connectivity index (χ1) is 11.4. The monoisotopic (exact) mass is 368 g/mol. The van der Waals surface area contributed by atoms with E-state index in [1.807, 2.05) is 5.32 Å². The van der Waals surface area contributed by atoms with Gasteiger partial charge in [-0.3, -0.25) is 4.79 Å². The Labute approximate surface area is 137 Å². The van der Waals surface area contributed by atoms with Crippen LogP contribution in [0, 0.1) is 18.3 Å². The number of aliphatic hydroxyl groups is 1. The van der Waals surface area contributed by atoms with Crippen LogP contribution in [-0.2, 0) is 9.53 Å². The van der Waals surface area contributed by atoms with Gasteiger partial charge in [-0.1, -0.05) is 17.7 Å². The van der Waals surface area contributed by atoms with E-state index in [1.165, 1.54) is 12.1 Å². The molecule has 0 atom stereocenters. The number of carbonyl (C=O) groups is 1. The number of amides is 1. The summed E-state index contributed by atoms with van der Waals surface area (Å²) in [5, 5.41) is 20.0. The highest BCUT2D eigenvalue weighted by molar-refractivity contribution is 6.06. The van der Waals surface area contributed by atoms with Gasteiger partial charge < -0.3 is 15.2 Å². The summed E-state index contributed by atoms with van der Waals surface area (Å²) in [4.78, 5) is 11.8. The van der Waals surface area contributed by atoms with Crippen molar-refractivity contribution in [1.29, 1.82) is 5.26 Å². The third-order valence-corrected chi connectivity index (χ3v) is 2.69. The number of hydrogen-bond acceptors (Lipinski definition) is 4. The average Bonchev–Trinajstić information content (AvgIpc) is 2.45. The Kier molecular flexibility index (Phi) is 5.91. The fraction of sp³-hybridized carbons (Fsp3) is 0.286. The average molecular weight is 368 g/mol.